The Labute approximate surface area is 184 Å². The molecule has 1 aliphatic heterocycles. The molecular formula is C23H22N2O5S. The maximum Gasteiger partial charge on any atom is 0.312 e. The number of nitrogens with zero attached hydrogens (tertiary/aromatic N) is 2. The van der Waals surface area contributed by atoms with Gasteiger partial charge in [0.25, 0.3) is 5.91 Å². The van der Waals surface area contributed by atoms with Gasteiger partial charge in [0.2, 0.25) is 0 Å². The number of fused-ring (bicyclic) bond motifs is 1. The maximum atomic E-state index is 12.5. The summed E-state index contributed by atoms with van der Waals surface area (Å²) in [5, 5.41) is 2.57. The van der Waals surface area contributed by atoms with Crippen molar-refractivity contribution < 1.29 is 23.8 Å². The second-order valence-corrected chi connectivity index (χ2v) is 7.83. The molecule has 0 N–H and O–H groups in total. The van der Waals surface area contributed by atoms with Gasteiger partial charge in [0.1, 0.15) is 5.01 Å². The number of carbonyl (C=O) groups is 2. The van der Waals surface area contributed by atoms with E-state index in [1.165, 1.54) is 11.3 Å². The minimum absolute atomic E-state index is 0.00760. The lowest BCUT2D eigenvalue weighted by atomic mass is 10.2. The van der Waals surface area contributed by atoms with E-state index in [-0.39, 0.29) is 18.9 Å². The highest BCUT2D eigenvalue weighted by atomic mass is 32.1. The van der Waals surface area contributed by atoms with Crippen LogP contribution in [0.1, 0.15) is 11.3 Å². The lowest BCUT2D eigenvalue weighted by molar-refractivity contribution is -0.147. The number of amides is 1. The molecule has 8 heteroatoms. The Hall–Kier alpha value is -3.39. The number of carbonyl (C=O) groups excluding carboxylic acids is 2. The highest BCUT2D eigenvalue weighted by Crippen LogP contribution is 2.33. The number of hydrogen-bond acceptors (Lipinski definition) is 7. The molecular weight excluding hydrogens is 416 g/mol. The van der Waals surface area contributed by atoms with Gasteiger partial charge in [0, 0.05) is 23.2 Å². The number of hydrogen-bond donors (Lipinski definition) is 0. The summed E-state index contributed by atoms with van der Waals surface area (Å²) in [4.78, 5) is 30.9. The molecule has 4 rings (SSSR count). The number of rotatable bonds is 7. The van der Waals surface area contributed by atoms with Crippen molar-refractivity contribution in [3.8, 4) is 22.1 Å². The van der Waals surface area contributed by atoms with Crippen LogP contribution in [0, 0.1) is 0 Å². The Morgan fingerprint density at radius 1 is 1.10 bits per heavy atom. The molecule has 2 heterocycles. The molecule has 0 aliphatic carbocycles. The van der Waals surface area contributed by atoms with Crippen molar-refractivity contribution in [2.45, 2.75) is 12.8 Å². The summed E-state index contributed by atoms with van der Waals surface area (Å²) in [6.45, 7) is 0.330. The molecule has 0 atom stereocenters. The molecule has 1 aliphatic rings. The minimum Gasteiger partial charge on any atom is -0.493 e. The standard InChI is InChI=1S/C23H22N2O5S/c1-28-19-8-7-16(11-20(19)29-2)23-24-17(14-31-23)12-22(27)30-13-21(26)25-10-9-15-5-3-4-6-18(15)25/h3-8,11,14H,9-10,12-13H2,1-2H3. The van der Waals surface area contributed by atoms with Gasteiger partial charge in [-0.05, 0) is 36.2 Å². The largest absolute Gasteiger partial charge is 0.493 e. The average molecular weight is 439 g/mol. The number of benzene rings is 2. The summed E-state index contributed by atoms with van der Waals surface area (Å²) >= 11 is 1.42. The number of esters is 1. The fourth-order valence-corrected chi connectivity index (χ4v) is 4.32. The van der Waals surface area contributed by atoms with Gasteiger partial charge in [0.05, 0.1) is 26.3 Å². The van der Waals surface area contributed by atoms with Gasteiger partial charge in [-0.15, -0.1) is 11.3 Å². The van der Waals surface area contributed by atoms with Crippen LogP contribution in [-0.4, -0.2) is 44.2 Å². The van der Waals surface area contributed by atoms with E-state index < -0.39 is 5.97 Å². The quantitative estimate of drug-likeness (QED) is 0.526. The van der Waals surface area contributed by atoms with Crippen molar-refractivity contribution in [2.75, 3.05) is 32.3 Å². The zero-order chi connectivity index (χ0) is 21.8. The van der Waals surface area contributed by atoms with E-state index in [9.17, 15) is 9.59 Å². The third kappa shape index (κ3) is 4.54. The van der Waals surface area contributed by atoms with Gasteiger partial charge in [-0.1, -0.05) is 18.2 Å². The zero-order valence-corrected chi connectivity index (χ0v) is 18.1. The van der Waals surface area contributed by atoms with Crippen LogP contribution < -0.4 is 14.4 Å². The van der Waals surface area contributed by atoms with Crippen molar-refractivity contribution in [2.24, 2.45) is 0 Å². The van der Waals surface area contributed by atoms with Gasteiger partial charge in [0.15, 0.2) is 18.1 Å². The minimum atomic E-state index is -0.481. The summed E-state index contributed by atoms with van der Waals surface area (Å²) in [5.41, 5.74) is 3.49. The normalized spacial score (nSPS) is 12.4. The van der Waals surface area contributed by atoms with Gasteiger partial charge in [-0.3, -0.25) is 9.59 Å². The first kappa shape index (κ1) is 20.9. The van der Waals surface area contributed by atoms with Crippen LogP contribution in [0.3, 0.4) is 0 Å². The molecule has 0 unspecified atom stereocenters. The molecule has 0 radical (unpaired) electrons. The Kier molecular flexibility index (Phi) is 6.18. The van der Waals surface area contributed by atoms with Crippen molar-refractivity contribution >= 4 is 28.9 Å². The number of ether oxygens (including phenoxy) is 3. The first-order chi connectivity index (χ1) is 15.1. The lowest BCUT2D eigenvalue weighted by Gasteiger charge is -2.17. The first-order valence-corrected chi connectivity index (χ1v) is 10.7. The predicted molar refractivity (Wildman–Crippen MR) is 118 cm³/mol. The molecule has 0 fully saturated rings. The van der Waals surface area contributed by atoms with E-state index in [0.29, 0.717) is 23.7 Å². The van der Waals surface area contributed by atoms with Gasteiger partial charge >= 0.3 is 5.97 Å². The maximum absolute atomic E-state index is 12.5. The van der Waals surface area contributed by atoms with Gasteiger partial charge < -0.3 is 19.1 Å². The first-order valence-electron chi connectivity index (χ1n) is 9.79. The Morgan fingerprint density at radius 2 is 1.90 bits per heavy atom. The third-order valence-corrected chi connectivity index (χ3v) is 5.99. The van der Waals surface area contributed by atoms with Crippen molar-refractivity contribution in [3.05, 3.63) is 59.1 Å². The summed E-state index contributed by atoms with van der Waals surface area (Å²) in [5.74, 6) is 0.544. The zero-order valence-electron chi connectivity index (χ0n) is 17.3. The SMILES string of the molecule is COc1ccc(-c2nc(CC(=O)OCC(=O)N3CCc4ccccc43)cs2)cc1OC. The second-order valence-electron chi connectivity index (χ2n) is 6.98. The molecule has 160 valence electrons. The Balaban J connectivity index is 1.34. The predicted octanol–water partition coefficient (Wildman–Crippen LogP) is 3.50. The van der Waals surface area contributed by atoms with Crippen LogP contribution in [0.5, 0.6) is 11.5 Å². The Morgan fingerprint density at radius 3 is 2.71 bits per heavy atom. The number of para-hydroxylation sites is 1. The molecule has 0 saturated heterocycles. The number of aromatic nitrogens is 1. The van der Waals surface area contributed by atoms with E-state index >= 15 is 0 Å². The molecule has 2 aromatic carbocycles. The van der Waals surface area contributed by atoms with Crippen molar-refractivity contribution in [1.82, 2.24) is 4.98 Å². The van der Waals surface area contributed by atoms with E-state index in [1.807, 2.05) is 47.8 Å². The fraction of sp³-hybridized carbons (Fsp3) is 0.261. The summed E-state index contributed by atoms with van der Waals surface area (Å²) in [6.07, 6.45) is 0.821. The van der Waals surface area contributed by atoms with Crippen LogP contribution >= 0.6 is 11.3 Å². The van der Waals surface area contributed by atoms with E-state index in [4.69, 9.17) is 14.2 Å². The molecule has 31 heavy (non-hydrogen) atoms. The van der Waals surface area contributed by atoms with Crippen LogP contribution in [0.2, 0.25) is 0 Å². The summed E-state index contributed by atoms with van der Waals surface area (Å²) in [7, 11) is 3.16. The molecule has 0 spiro atoms. The van der Waals surface area contributed by atoms with Crippen molar-refractivity contribution in [3.63, 3.8) is 0 Å². The molecule has 3 aromatic rings. The number of methoxy groups -OCH3 is 2. The van der Waals surface area contributed by atoms with Crippen molar-refractivity contribution in [1.29, 1.82) is 0 Å². The monoisotopic (exact) mass is 438 g/mol. The summed E-state index contributed by atoms with van der Waals surface area (Å²) in [6, 6.07) is 13.3. The van der Waals surface area contributed by atoms with E-state index in [0.717, 1.165) is 28.2 Å². The Bertz CT molecular complexity index is 1110. The smallest absolute Gasteiger partial charge is 0.312 e. The highest BCUT2D eigenvalue weighted by molar-refractivity contribution is 7.13. The number of thiazole rings is 1. The van der Waals surface area contributed by atoms with Gasteiger partial charge in [-0.2, -0.15) is 0 Å². The van der Waals surface area contributed by atoms with Gasteiger partial charge in [-0.25, -0.2) is 4.98 Å². The number of anilines is 1. The summed E-state index contributed by atoms with van der Waals surface area (Å²) < 4.78 is 15.8. The van der Waals surface area contributed by atoms with E-state index in [2.05, 4.69) is 4.98 Å². The molecule has 0 bridgehead atoms. The average Bonchev–Trinajstić information content (AvgIpc) is 3.44. The van der Waals surface area contributed by atoms with Crippen LogP contribution in [0.15, 0.2) is 47.8 Å². The van der Waals surface area contributed by atoms with Crippen LogP contribution in [-0.2, 0) is 27.2 Å². The molecule has 1 aromatic heterocycles. The van der Waals surface area contributed by atoms with Crippen LogP contribution in [0.4, 0.5) is 5.69 Å². The van der Waals surface area contributed by atoms with E-state index in [1.54, 1.807) is 19.1 Å². The fourth-order valence-electron chi connectivity index (χ4n) is 3.51. The second kappa shape index (κ2) is 9.18. The topological polar surface area (TPSA) is 78.0 Å². The molecule has 7 nitrogen and oxygen atoms in total. The highest BCUT2D eigenvalue weighted by Gasteiger charge is 2.25. The molecule has 1 amide bonds. The third-order valence-electron chi connectivity index (χ3n) is 5.05. The van der Waals surface area contributed by atoms with Crippen LogP contribution in [0.25, 0.3) is 10.6 Å². The lowest BCUT2D eigenvalue weighted by Crippen LogP contribution is -2.33. The molecule has 0 saturated carbocycles.